The largest absolute Gasteiger partial charge is 0.489 e. The molecule has 2 aromatic rings. The van der Waals surface area contributed by atoms with E-state index in [0.29, 0.717) is 24.3 Å². The second-order valence-corrected chi connectivity index (χ2v) is 6.36. The number of esters is 1. The Morgan fingerprint density at radius 3 is 2.35 bits per heavy atom. The lowest BCUT2D eigenvalue weighted by atomic mass is 10.1. The van der Waals surface area contributed by atoms with Crippen LogP contribution in [0.25, 0.3) is 0 Å². The van der Waals surface area contributed by atoms with Gasteiger partial charge in [0.05, 0.1) is 5.56 Å². The van der Waals surface area contributed by atoms with E-state index in [9.17, 15) is 9.59 Å². The number of ether oxygens (including phenoxy) is 2. The lowest BCUT2D eigenvalue weighted by Crippen LogP contribution is -2.18. The number of ketones is 1. The fourth-order valence-corrected chi connectivity index (χ4v) is 2.52. The van der Waals surface area contributed by atoms with Crippen LogP contribution in [0.1, 0.15) is 55.5 Å². The van der Waals surface area contributed by atoms with Crippen molar-refractivity contribution in [3.8, 4) is 5.75 Å². The molecule has 138 valence electrons. The maximum absolute atomic E-state index is 12.2. The molecule has 26 heavy (non-hydrogen) atoms. The smallest absolute Gasteiger partial charge is 0.338 e. The predicted octanol–water partition coefficient (Wildman–Crippen LogP) is 4.96. The van der Waals surface area contributed by atoms with Gasteiger partial charge in [-0.2, -0.15) is 0 Å². The summed E-state index contributed by atoms with van der Waals surface area (Å²) in [6.45, 7) is 4.27. The van der Waals surface area contributed by atoms with Crippen LogP contribution in [-0.4, -0.2) is 17.9 Å². The highest BCUT2D eigenvalue weighted by atomic mass is 16.5. The predicted molar refractivity (Wildman–Crippen MR) is 101 cm³/mol. The normalized spacial score (nSPS) is 11.6. The summed E-state index contributed by atoms with van der Waals surface area (Å²) in [6, 6.07) is 16.7. The second-order valence-electron chi connectivity index (χ2n) is 6.36. The van der Waals surface area contributed by atoms with E-state index in [0.717, 1.165) is 18.4 Å². The highest BCUT2D eigenvalue weighted by Crippen LogP contribution is 2.16. The molecule has 1 unspecified atom stereocenters. The van der Waals surface area contributed by atoms with Gasteiger partial charge in [-0.3, -0.25) is 4.79 Å². The van der Waals surface area contributed by atoms with Gasteiger partial charge < -0.3 is 9.47 Å². The van der Waals surface area contributed by atoms with E-state index in [1.807, 2.05) is 37.3 Å². The third kappa shape index (κ3) is 6.71. The monoisotopic (exact) mass is 354 g/mol. The number of Topliss-reactive ketones (excluding diaryl/α,β-unsaturated/α-hetero) is 1. The van der Waals surface area contributed by atoms with E-state index in [-0.39, 0.29) is 12.2 Å². The first-order chi connectivity index (χ1) is 12.6. The van der Waals surface area contributed by atoms with E-state index < -0.39 is 12.1 Å². The van der Waals surface area contributed by atoms with Gasteiger partial charge in [0.25, 0.3) is 0 Å². The van der Waals surface area contributed by atoms with E-state index in [1.54, 1.807) is 31.2 Å². The maximum Gasteiger partial charge on any atom is 0.338 e. The minimum atomic E-state index is -0.421. The van der Waals surface area contributed by atoms with E-state index in [2.05, 4.69) is 0 Å². The molecule has 0 bridgehead atoms. The molecule has 0 fully saturated rings. The minimum Gasteiger partial charge on any atom is -0.489 e. The SMILES string of the molecule is CCCCC(=O)CC(C)OC(=O)c1ccc(OCc2ccccc2)cc1. The summed E-state index contributed by atoms with van der Waals surface area (Å²) in [6.07, 6.45) is 2.26. The topological polar surface area (TPSA) is 52.6 Å². The Morgan fingerprint density at radius 2 is 1.69 bits per heavy atom. The van der Waals surface area contributed by atoms with Gasteiger partial charge >= 0.3 is 5.97 Å². The number of carbonyl (C=O) groups is 2. The van der Waals surface area contributed by atoms with Crippen LogP contribution in [-0.2, 0) is 16.1 Å². The molecule has 0 spiro atoms. The summed E-state index contributed by atoms with van der Waals surface area (Å²) in [5.74, 6) is 0.403. The molecule has 0 radical (unpaired) electrons. The van der Waals surface area contributed by atoms with Crippen LogP contribution >= 0.6 is 0 Å². The number of carbonyl (C=O) groups excluding carboxylic acids is 2. The average molecular weight is 354 g/mol. The number of hydrogen-bond donors (Lipinski definition) is 0. The van der Waals surface area contributed by atoms with E-state index >= 15 is 0 Å². The van der Waals surface area contributed by atoms with Gasteiger partial charge in [-0.25, -0.2) is 4.79 Å². The molecular formula is C22H26O4. The molecule has 0 aliphatic rings. The zero-order valence-corrected chi connectivity index (χ0v) is 15.4. The van der Waals surface area contributed by atoms with Gasteiger partial charge in [0.2, 0.25) is 0 Å². The number of unbranched alkanes of at least 4 members (excludes halogenated alkanes) is 1. The third-order valence-corrected chi connectivity index (χ3v) is 3.97. The van der Waals surface area contributed by atoms with Crippen molar-refractivity contribution >= 4 is 11.8 Å². The van der Waals surface area contributed by atoms with Crippen molar-refractivity contribution in [2.75, 3.05) is 0 Å². The van der Waals surface area contributed by atoms with Gasteiger partial charge in [0.15, 0.2) is 0 Å². The van der Waals surface area contributed by atoms with Gasteiger partial charge in [-0.05, 0) is 43.2 Å². The maximum atomic E-state index is 12.2. The summed E-state index contributed by atoms with van der Waals surface area (Å²) in [5, 5.41) is 0. The van der Waals surface area contributed by atoms with Crippen molar-refractivity contribution in [2.24, 2.45) is 0 Å². The van der Waals surface area contributed by atoms with Gasteiger partial charge in [-0.15, -0.1) is 0 Å². The fraction of sp³-hybridized carbons (Fsp3) is 0.364. The zero-order chi connectivity index (χ0) is 18.8. The van der Waals surface area contributed by atoms with Gasteiger partial charge in [-0.1, -0.05) is 43.7 Å². The highest BCUT2D eigenvalue weighted by Gasteiger charge is 2.15. The average Bonchev–Trinajstić information content (AvgIpc) is 2.65. The first kappa shape index (κ1) is 19.7. The quantitative estimate of drug-likeness (QED) is 0.566. The Balaban J connectivity index is 1.81. The summed E-state index contributed by atoms with van der Waals surface area (Å²) in [5.41, 5.74) is 1.53. The Labute approximate surface area is 155 Å². The van der Waals surface area contributed by atoms with Crippen LogP contribution in [0.2, 0.25) is 0 Å². The molecule has 4 heteroatoms. The highest BCUT2D eigenvalue weighted by molar-refractivity contribution is 5.90. The first-order valence-corrected chi connectivity index (χ1v) is 9.08. The Kier molecular flexibility index (Phi) is 7.87. The van der Waals surface area contributed by atoms with Crippen LogP contribution in [0.3, 0.4) is 0 Å². The van der Waals surface area contributed by atoms with Crippen molar-refractivity contribution in [3.05, 3.63) is 65.7 Å². The molecule has 2 rings (SSSR count). The molecule has 4 nitrogen and oxygen atoms in total. The van der Waals surface area contributed by atoms with E-state index in [1.165, 1.54) is 0 Å². The third-order valence-electron chi connectivity index (χ3n) is 3.97. The fourth-order valence-electron chi connectivity index (χ4n) is 2.52. The Hall–Kier alpha value is -2.62. The van der Waals surface area contributed by atoms with Crippen molar-refractivity contribution in [3.63, 3.8) is 0 Å². The minimum absolute atomic E-state index is 0.136. The van der Waals surface area contributed by atoms with E-state index in [4.69, 9.17) is 9.47 Å². The van der Waals surface area contributed by atoms with Crippen molar-refractivity contribution in [2.45, 2.75) is 52.2 Å². The van der Waals surface area contributed by atoms with Crippen LogP contribution in [0.4, 0.5) is 0 Å². The van der Waals surface area contributed by atoms with Crippen LogP contribution < -0.4 is 4.74 Å². The van der Waals surface area contributed by atoms with Crippen LogP contribution in [0, 0.1) is 0 Å². The number of rotatable bonds is 10. The summed E-state index contributed by atoms with van der Waals surface area (Å²) in [7, 11) is 0. The van der Waals surface area contributed by atoms with Crippen LogP contribution in [0.5, 0.6) is 5.75 Å². The Morgan fingerprint density at radius 1 is 1.00 bits per heavy atom. The zero-order valence-electron chi connectivity index (χ0n) is 15.4. The molecule has 0 aromatic heterocycles. The first-order valence-electron chi connectivity index (χ1n) is 9.08. The lowest BCUT2D eigenvalue weighted by molar-refractivity contribution is -0.120. The molecule has 0 amide bonds. The Bertz CT molecular complexity index is 692. The van der Waals surface area contributed by atoms with Crippen LogP contribution in [0.15, 0.2) is 54.6 Å². The standard InChI is InChI=1S/C22H26O4/c1-3-4-10-20(23)15-17(2)26-22(24)19-11-13-21(14-12-19)25-16-18-8-6-5-7-9-18/h5-9,11-14,17H,3-4,10,15-16H2,1-2H3. The summed E-state index contributed by atoms with van der Waals surface area (Å²) >= 11 is 0. The van der Waals surface area contributed by atoms with Crippen molar-refractivity contribution < 1.29 is 19.1 Å². The van der Waals surface area contributed by atoms with Gasteiger partial charge in [0, 0.05) is 12.8 Å². The molecular weight excluding hydrogens is 328 g/mol. The number of benzene rings is 2. The second kappa shape index (κ2) is 10.4. The van der Waals surface area contributed by atoms with Crippen molar-refractivity contribution in [1.29, 1.82) is 0 Å². The summed E-state index contributed by atoms with van der Waals surface area (Å²) < 4.78 is 11.1. The molecule has 0 saturated carbocycles. The number of hydrogen-bond acceptors (Lipinski definition) is 4. The molecule has 0 N–H and O–H groups in total. The molecule has 2 aromatic carbocycles. The molecule has 0 aliphatic heterocycles. The molecule has 1 atom stereocenters. The molecule has 0 aliphatic carbocycles. The van der Waals surface area contributed by atoms with Gasteiger partial charge in [0.1, 0.15) is 24.2 Å². The molecule has 0 saturated heterocycles. The molecule has 0 heterocycles. The lowest BCUT2D eigenvalue weighted by Gasteiger charge is -2.13. The summed E-state index contributed by atoms with van der Waals surface area (Å²) in [4.78, 5) is 23.9. The van der Waals surface area contributed by atoms with Crippen molar-refractivity contribution in [1.82, 2.24) is 0 Å².